The first-order valence-electron chi connectivity index (χ1n) is 7.76. The van der Waals surface area contributed by atoms with E-state index in [4.69, 9.17) is 4.74 Å². The quantitative estimate of drug-likeness (QED) is 0.696. The number of carboxylic acids is 1. The van der Waals surface area contributed by atoms with Crippen LogP contribution in [0.15, 0.2) is 18.2 Å². The highest BCUT2D eigenvalue weighted by atomic mass is 19.1. The molecule has 22 heavy (non-hydrogen) atoms. The van der Waals surface area contributed by atoms with Crippen LogP contribution in [-0.2, 0) is 11.2 Å². The number of rotatable bonds is 10. The van der Waals surface area contributed by atoms with Crippen molar-refractivity contribution in [2.45, 2.75) is 45.6 Å². The number of methoxy groups -OCH3 is 1. The van der Waals surface area contributed by atoms with Gasteiger partial charge in [-0.05, 0) is 43.0 Å². The molecule has 0 aliphatic heterocycles. The molecule has 0 bridgehead atoms. The Morgan fingerprint density at radius 1 is 1.45 bits per heavy atom. The molecule has 5 heteroatoms. The van der Waals surface area contributed by atoms with Crippen molar-refractivity contribution in [1.29, 1.82) is 0 Å². The fraction of sp³-hybridized carbons (Fsp3) is 0.588. The lowest BCUT2D eigenvalue weighted by atomic mass is 10.00. The molecule has 0 spiro atoms. The van der Waals surface area contributed by atoms with Crippen molar-refractivity contribution in [2.24, 2.45) is 5.92 Å². The summed E-state index contributed by atoms with van der Waals surface area (Å²) in [7, 11) is 1.44. The van der Waals surface area contributed by atoms with Gasteiger partial charge in [0.2, 0.25) is 0 Å². The van der Waals surface area contributed by atoms with Crippen LogP contribution >= 0.6 is 0 Å². The predicted molar refractivity (Wildman–Crippen MR) is 84.8 cm³/mol. The Morgan fingerprint density at radius 3 is 2.73 bits per heavy atom. The van der Waals surface area contributed by atoms with E-state index in [-0.39, 0.29) is 17.5 Å². The normalized spacial score (nSPS) is 13.6. The van der Waals surface area contributed by atoms with Gasteiger partial charge in [-0.1, -0.05) is 32.8 Å². The van der Waals surface area contributed by atoms with E-state index in [0.717, 1.165) is 18.4 Å². The molecular formula is C17H26FNO3. The first-order chi connectivity index (χ1) is 10.5. The maximum Gasteiger partial charge on any atom is 0.320 e. The third kappa shape index (κ3) is 6.02. The summed E-state index contributed by atoms with van der Waals surface area (Å²) in [4.78, 5) is 11.2. The summed E-state index contributed by atoms with van der Waals surface area (Å²) in [6, 6.07) is 4.42. The van der Waals surface area contributed by atoms with Gasteiger partial charge in [-0.25, -0.2) is 4.39 Å². The van der Waals surface area contributed by atoms with E-state index in [1.54, 1.807) is 6.07 Å². The molecule has 124 valence electrons. The van der Waals surface area contributed by atoms with Crippen LogP contribution in [0.5, 0.6) is 5.75 Å². The van der Waals surface area contributed by atoms with Gasteiger partial charge in [0.25, 0.3) is 0 Å². The molecule has 2 atom stereocenters. The van der Waals surface area contributed by atoms with Crippen molar-refractivity contribution in [3.63, 3.8) is 0 Å². The summed E-state index contributed by atoms with van der Waals surface area (Å²) in [6.45, 7) is 4.65. The molecule has 0 fully saturated rings. The van der Waals surface area contributed by atoms with Gasteiger partial charge in [-0.2, -0.15) is 0 Å². The number of carbonyl (C=O) groups is 1. The van der Waals surface area contributed by atoms with Gasteiger partial charge in [0.05, 0.1) is 7.11 Å². The van der Waals surface area contributed by atoms with Crippen LogP contribution in [0.2, 0.25) is 0 Å². The van der Waals surface area contributed by atoms with Crippen LogP contribution in [0.25, 0.3) is 0 Å². The minimum atomic E-state index is -0.809. The second kappa shape index (κ2) is 9.41. The van der Waals surface area contributed by atoms with Crippen molar-refractivity contribution < 1.29 is 19.0 Å². The average molecular weight is 311 g/mol. The summed E-state index contributed by atoms with van der Waals surface area (Å²) < 4.78 is 18.5. The standard InChI is InChI=1S/C17H26FNO3/c1-4-5-6-15(17(20)21)19-11-12(2)9-13-7-8-16(22-3)14(18)10-13/h7-8,10,12,15,19H,4-6,9,11H2,1-3H3,(H,20,21)/t12?,15-/m0/s1. The van der Waals surface area contributed by atoms with E-state index in [1.807, 2.05) is 19.9 Å². The number of hydrogen-bond donors (Lipinski definition) is 2. The Hall–Kier alpha value is -1.62. The minimum absolute atomic E-state index is 0.219. The lowest BCUT2D eigenvalue weighted by Gasteiger charge is -2.18. The third-order valence-electron chi connectivity index (χ3n) is 3.66. The molecule has 0 aliphatic rings. The molecule has 1 rings (SSSR count). The van der Waals surface area contributed by atoms with Crippen molar-refractivity contribution in [2.75, 3.05) is 13.7 Å². The topological polar surface area (TPSA) is 58.6 Å². The Bertz CT molecular complexity index is 479. The number of hydrogen-bond acceptors (Lipinski definition) is 3. The molecule has 1 aromatic rings. The van der Waals surface area contributed by atoms with Crippen molar-refractivity contribution >= 4 is 5.97 Å². The Kier molecular flexibility index (Phi) is 7.88. The molecule has 0 aliphatic carbocycles. The molecule has 4 nitrogen and oxygen atoms in total. The van der Waals surface area contributed by atoms with E-state index in [9.17, 15) is 14.3 Å². The zero-order valence-corrected chi connectivity index (χ0v) is 13.6. The minimum Gasteiger partial charge on any atom is -0.494 e. The summed E-state index contributed by atoms with van der Waals surface area (Å²) in [5.74, 6) is -0.723. The van der Waals surface area contributed by atoms with Gasteiger partial charge >= 0.3 is 5.97 Å². The van der Waals surface area contributed by atoms with Crippen LogP contribution in [0.4, 0.5) is 4.39 Å². The van der Waals surface area contributed by atoms with Gasteiger partial charge in [0, 0.05) is 0 Å². The van der Waals surface area contributed by atoms with Gasteiger partial charge in [0.1, 0.15) is 6.04 Å². The van der Waals surface area contributed by atoms with Crippen molar-refractivity contribution in [3.8, 4) is 5.75 Å². The van der Waals surface area contributed by atoms with Crippen LogP contribution in [-0.4, -0.2) is 30.8 Å². The largest absolute Gasteiger partial charge is 0.494 e. The lowest BCUT2D eigenvalue weighted by Crippen LogP contribution is -2.39. The second-order valence-electron chi connectivity index (χ2n) is 5.72. The average Bonchev–Trinajstić information content (AvgIpc) is 2.47. The van der Waals surface area contributed by atoms with Gasteiger partial charge < -0.3 is 15.2 Å². The highest BCUT2D eigenvalue weighted by Gasteiger charge is 2.17. The fourth-order valence-electron chi connectivity index (χ4n) is 2.38. The van der Waals surface area contributed by atoms with E-state index in [0.29, 0.717) is 19.4 Å². The van der Waals surface area contributed by atoms with Gasteiger partial charge in [-0.3, -0.25) is 4.79 Å². The lowest BCUT2D eigenvalue weighted by molar-refractivity contribution is -0.139. The zero-order chi connectivity index (χ0) is 16.5. The molecule has 1 aromatic carbocycles. The van der Waals surface area contributed by atoms with E-state index < -0.39 is 12.0 Å². The van der Waals surface area contributed by atoms with Crippen molar-refractivity contribution in [1.82, 2.24) is 5.32 Å². The molecule has 0 heterocycles. The van der Waals surface area contributed by atoms with Gasteiger partial charge in [0.15, 0.2) is 11.6 Å². The molecule has 0 amide bonds. The van der Waals surface area contributed by atoms with Crippen LogP contribution in [0.3, 0.4) is 0 Å². The summed E-state index contributed by atoms with van der Waals surface area (Å²) in [6.07, 6.45) is 3.19. The number of halogens is 1. The fourth-order valence-corrected chi connectivity index (χ4v) is 2.38. The third-order valence-corrected chi connectivity index (χ3v) is 3.66. The molecule has 2 N–H and O–H groups in total. The maximum atomic E-state index is 13.6. The number of benzene rings is 1. The summed E-state index contributed by atoms with van der Waals surface area (Å²) in [5, 5.41) is 12.3. The van der Waals surface area contributed by atoms with E-state index >= 15 is 0 Å². The number of ether oxygens (including phenoxy) is 1. The Morgan fingerprint density at radius 2 is 2.18 bits per heavy atom. The Balaban J connectivity index is 2.49. The smallest absolute Gasteiger partial charge is 0.320 e. The van der Waals surface area contributed by atoms with Crippen LogP contribution in [0.1, 0.15) is 38.7 Å². The van der Waals surface area contributed by atoms with E-state index in [1.165, 1.54) is 13.2 Å². The molecule has 1 unspecified atom stereocenters. The number of nitrogens with one attached hydrogen (secondary N) is 1. The molecule has 0 saturated heterocycles. The highest BCUT2D eigenvalue weighted by molar-refractivity contribution is 5.73. The molecule has 0 saturated carbocycles. The molecule has 0 aromatic heterocycles. The second-order valence-corrected chi connectivity index (χ2v) is 5.72. The Labute approximate surface area is 131 Å². The zero-order valence-electron chi connectivity index (χ0n) is 13.6. The first kappa shape index (κ1) is 18.4. The summed E-state index contributed by atoms with van der Waals surface area (Å²) in [5.41, 5.74) is 0.882. The predicted octanol–water partition coefficient (Wildman–Crippen LogP) is 3.25. The molecular weight excluding hydrogens is 285 g/mol. The van der Waals surface area contributed by atoms with Crippen LogP contribution in [0, 0.1) is 11.7 Å². The first-order valence-corrected chi connectivity index (χ1v) is 7.76. The summed E-state index contributed by atoms with van der Waals surface area (Å²) >= 11 is 0. The van der Waals surface area contributed by atoms with Crippen LogP contribution < -0.4 is 10.1 Å². The number of unbranched alkanes of at least 4 members (excludes halogenated alkanes) is 1. The van der Waals surface area contributed by atoms with Gasteiger partial charge in [-0.15, -0.1) is 0 Å². The monoisotopic (exact) mass is 311 g/mol. The maximum absolute atomic E-state index is 13.6. The van der Waals surface area contributed by atoms with Crippen molar-refractivity contribution in [3.05, 3.63) is 29.6 Å². The number of aliphatic carboxylic acids is 1. The number of carboxylic acid groups (broad SMARTS) is 1. The SMILES string of the molecule is CCCC[C@H](NCC(C)Cc1ccc(OC)c(F)c1)C(=O)O. The highest BCUT2D eigenvalue weighted by Crippen LogP contribution is 2.19. The van der Waals surface area contributed by atoms with E-state index in [2.05, 4.69) is 5.32 Å². The molecule has 0 radical (unpaired) electrons.